The molecule has 0 radical (unpaired) electrons. The lowest BCUT2D eigenvalue weighted by atomic mass is 10.1. The monoisotopic (exact) mass is 375 g/mol. The van der Waals surface area contributed by atoms with E-state index in [-0.39, 0.29) is 18.7 Å². The minimum atomic E-state index is -0.0326. The Morgan fingerprint density at radius 3 is 2.83 bits per heavy atom. The van der Waals surface area contributed by atoms with E-state index in [1.807, 2.05) is 49.4 Å². The van der Waals surface area contributed by atoms with Crippen LogP contribution in [0.25, 0.3) is 0 Å². The van der Waals surface area contributed by atoms with Gasteiger partial charge in [0.05, 0.1) is 6.04 Å². The summed E-state index contributed by atoms with van der Waals surface area (Å²) in [5, 5.41) is 3.03. The number of halogens is 1. The first-order valence-electron chi connectivity index (χ1n) is 7.56. The fourth-order valence-electron chi connectivity index (χ4n) is 2.57. The Morgan fingerprint density at radius 2 is 2.00 bits per heavy atom. The fourth-order valence-corrected chi connectivity index (χ4v) is 3.20. The zero-order valence-electron chi connectivity index (χ0n) is 12.8. The zero-order chi connectivity index (χ0) is 16.2. The van der Waals surface area contributed by atoms with Gasteiger partial charge >= 0.3 is 0 Å². The highest BCUT2D eigenvalue weighted by atomic mass is 79.9. The van der Waals surface area contributed by atoms with E-state index in [1.165, 1.54) is 0 Å². The predicted molar refractivity (Wildman–Crippen MR) is 91.6 cm³/mol. The van der Waals surface area contributed by atoms with E-state index < -0.39 is 0 Å². The molecule has 0 saturated carbocycles. The first-order valence-corrected chi connectivity index (χ1v) is 8.35. The van der Waals surface area contributed by atoms with Gasteiger partial charge in [-0.2, -0.15) is 0 Å². The number of hydrogen-bond acceptors (Lipinski definition) is 3. The third kappa shape index (κ3) is 3.85. The molecule has 23 heavy (non-hydrogen) atoms. The third-order valence-corrected chi connectivity index (χ3v) is 4.55. The number of carbonyl (C=O) groups excluding carboxylic acids is 1. The van der Waals surface area contributed by atoms with Gasteiger partial charge in [0.15, 0.2) is 11.5 Å². The van der Waals surface area contributed by atoms with Gasteiger partial charge in [-0.25, -0.2) is 0 Å². The second-order valence-electron chi connectivity index (χ2n) is 5.50. The highest BCUT2D eigenvalue weighted by Gasteiger charge is 2.15. The Kier molecular flexibility index (Phi) is 4.86. The van der Waals surface area contributed by atoms with Crippen LogP contribution in [0, 0.1) is 0 Å². The molecule has 0 fully saturated rings. The molecule has 0 bridgehead atoms. The van der Waals surface area contributed by atoms with E-state index in [9.17, 15) is 4.79 Å². The number of carbonyl (C=O) groups is 1. The molecule has 1 aliphatic heterocycles. The van der Waals surface area contributed by atoms with Crippen LogP contribution >= 0.6 is 15.9 Å². The van der Waals surface area contributed by atoms with Gasteiger partial charge < -0.3 is 14.8 Å². The molecule has 2 aromatic rings. The Hall–Kier alpha value is -2.01. The Morgan fingerprint density at radius 1 is 1.22 bits per heavy atom. The molecule has 0 aliphatic carbocycles. The minimum Gasteiger partial charge on any atom is -0.454 e. The SMILES string of the molecule is CC(NC(=O)CCc1ccc2c(c1)OCO2)c1ccccc1Br. The lowest BCUT2D eigenvalue weighted by Crippen LogP contribution is -2.27. The topological polar surface area (TPSA) is 47.6 Å². The number of ether oxygens (including phenoxy) is 2. The van der Waals surface area contributed by atoms with Crippen molar-refractivity contribution in [2.24, 2.45) is 0 Å². The average Bonchev–Trinajstić information content (AvgIpc) is 3.01. The second-order valence-corrected chi connectivity index (χ2v) is 6.35. The molecule has 1 amide bonds. The highest BCUT2D eigenvalue weighted by molar-refractivity contribution is 9.10. The maximum Gasteiger partial charge on any atom is 0.231 e. The van der Waals surface area contributed by atoms with Crippen LogP contribution in [0.1, 0.15) is 30.5 Å². The maximum absolute atomic E-state index is 12.2. The van der Waals surface area contributed by atoms with E-state index in [0.29, 0.717) is 12.8 Å². The maximum atomic E-state index is 12.2. The van der Waals surface area contributed by atoms with Crippen molar-refractivity contribution in [2.45, 2.75) is 25.8 Å². The molecule has 0 spiro atoms. The molecular formula is C18H18BrNO3. The van der Waals surface area contributed by atoms with Crippen molar-refractivity contribution in [3.63, 3.8) is 0 Å². The number of rotatable bonds is 5. The van der Waals surface area contributed by atoms with Crippen molar-refractivity contribution in [1.82, 2.24) is 5.32 Å². The number of nitrogens with one attached hydrogen (secondary N) is 1. The number of fused-ring (bicyclic) bond motifs is 1. The summed E-state index contributed by atoms with van der Waals surface area (Å²) in [6.07, 6.45) is 1.11. The van der Waals surface area contributed by atoms with Crippen molar-refractivity contribution in [3.8, 4) is 11.5 Å². The molecule has 120 valence electrons. The lowest BCUT2D eigenvalue weighted by molar-refractivity contribution is -0.121. The largest absolute Gasteiger partial charge is 0.454 e. The van der Waals surface area contributed by atoms with Crippen LogP contribution in [0.5, 0.6) is 11.5 Å². The van der Waals surface area contributed by atoms with Gasteiger partial charge in [-0.3, -0.25) is 4.79 Å². The summed E-state index contributed by atoms with van der Waals surface area (Å²) in [7, 11) is 0. The first-order chi connectivity index (χ1) is 11.1. The van der Waals surface area contributed by atoms with E-state index in [1.54, 1.807) is 0 Å². The summed E-state index contributed by atoms with van der Waals surface area (Å²) >= 11 is 3.51. The lowest BCUT2D eigenvalue weighted by Gasteiger charge is -2.16. The predicted octanol–water partition coefficient (Wildman–Crippen LogP) is 3.99. The van der Waals surface area contributed by atoms with Crippen molar-refractivity contribution in [3.05, 3.63) is 58.1 Å². The first kappa shape index (κ1) is 15.9. The third-order valence-electron chi connectivity index (χ3n) is 3.83. The molecule has 0 aromatic heterocycles. The molecule has 1 atom stereocenters. The van der Waals surface area contributed by atoms with Crippen molar-refractivity contribution in [2.75, 3.05) is 6.79 Å². The van der Waals surface area contributed by atoms with E-state index in [4.69, 9.17) is 9.47 Å². The smallest absolute Gasteiger partial charge is 0.231 e. The average molecular weight is 376 g/mol. The Bertz CT molecular complexity index is 717. The second kappa shape index (κ2) is 7.04. The van der Waals surface area contributed by atoms with Crippen LogP contribution in [-0.4, -0.2) is 12.7 Å². The molecule has 0 saturated heterocycles. The summed E-state index contributed by atoms with van der Waals surface area (Å²) in [5.41, 5.74) is 2.14. The zero-order valence-corrected chi connectivity index (χ0v) is 14.4. The van der Waals surface area contributed by atoms with Gasteiger partial charge in [0.2, 0.25) is 12.7 Å². The molecule has 2 aromatic carbocycles. The molecule has 1 aliphatic rings. The van der Waals surface area contributed by atoms with Gasteiger partial charge in [0.1, 0.15) is 0 Å². The fraction of sp³-hybridized carbons (Fsp3) is 0.278. The Labute approximate surface area is 143 Å². The van der Waals surface area contributed by atoms with Crippen molar-refractivity contribution < 1.29 is 14.3 Å². The number of hydrogen-bond donors (Lipinski definition) is 1. The van der Waals surface area contributed by atoms with Crippen LogP contribution in [-0.2, 0) is 11.2 Å². The molecule has 1 N–H and O–H groups in total. The van der Waals surface area contributed by atoms with Gasteiger partial charge in [0.25, 0.3) is 0 Å². The quantitative estimate of drug-likeness (QED) is 0.859. The minimum absolute atomic E-state index is 0.0326. The van der Waals surface area contributed by atoms with E-state index in [2.05, 4.69) is 21.2 Å². The summed E-state index contributed by atoms with van der Waals surface area (Å²) in [4.78, 5) is 12.2. The van der Waals surface area contributed by atoms with Crippen LogP contribution < -0.4 is 14.8 Å². The summed E-state index contributed by atoms with van der Waals surface area (Å²) < 4.78 is 11.6. The van der Waals surface area contributed by atoms with Gasteiger partial charge in [0, 0.05) is 10.9 Å². The van der Waals surface area contributed by atoms with E-state index >= 15 is 0 Å². The highest BCUT2D eigenvalue weighted by Crippen LogP contribution is 2.32. The van der Waals surface area contributed by atoms with Crippen molar-refractivity contribution >= 4 is 21.8 Å². The van der Waals surface area contributed by atoms with Gasteiger partial charge in [-0.15, -0.1) is 0 Å². The summed E-state index contributed by atoms with van der Waals surface area (Å²) in [6.45, 7) is 2.25. The Balaban J connectivity index is 1.54. The van der Waals surface area contributed by atoms with Gasteiger partial charge in [-0.05, 0) is 42.7 Å². The van der Waals surface area contributed by atoms with E-state index in [0.717, 1.165) is 27.1 Å². The summed E-state index contributed by atoms with van der Waals surface area (Å²) in [6, 6.07) is 13.7. The summed E-state index contributed by atoms with van der Waals surface area (Å²) in [5.74, 6) is 1.55. The van der Waals surface area contributed by atoms with Crippen LogP contribution in [0.15, 0.2) is 46.9 Å². The standard InChI is InChI=1S/C18H18BrNO3/c1-12(14-4-2-3-5-15(14)19)20-18(21)9-7-13-6-8-16-17(10-13)23-11-22-16/h2-6,8,10,12H,7,9,11H2,1H3,(H,20,21). The van der Waals surface area contributed by atoms with Crippen LogP contribution in [0.4, 0.5) is 0 Å². The molecule has 3 rings (SSSR count). The molecule has 1 heterocycles. The van der Waals surface area contributed by atoms with Gasteiger partial charge in [-0.1, -0.05) is 40.2 Å². The van der Waals surface area contributed by atoms with Crippen molar-refractivity contribution in [1.29, 1.82) is 0 Å². The normalized spacial score (nSPS) is 13.7. The van der Waals surface area contributed by atoms with Crippen LogP contribution in [0.3, 0.4) is 0 Å². The molecule has 1 unspecified atom stereocenters. The molecular weight excluding hydrogens is 358 g/mol. The number of amides is 1. The van der Waals surface area contributed by atoms with Crippen LogP contribution in [0.2, 0.25) is 0 Å². The number of benzene rings is 2. The number of aryl methyl sites for hydroxylation is 1. The molecule has 4 nitrogen and oxygen atoms in total. The molecule has 5 heteroatoms.